The Labute approximate surface area is 125 Å². The number of hydrogen-bond acceptors (Lipinski definition) is 4. The van der Waals surface area contributed by atoms with E-state index in [1.165, 1.54) is 17.4 Å². The molecule has 1 aromatic carbocycles. The molecule has 0 fully saturated rings. The molecular weight excluding hydrogens is 295 g/mol. The van der Waals surface area contributed by atoms with Crippen LogP contribution in [-0.4, -0.2) is 23.5 Å². The fourth-order valence-electron chi connectivity index (χ4n) is 1.74. The lowest BCUT2D eigenvalue weighted by atomic mass is 10.2. The molecule has 1 heterocycles. The first-order valence-electron chi connectivity index (χ1n) is 6.15. The first kappa shape index (κ1) is 15.1. The van der Waals surface area contributed by atoms with E-state index in [1.54, 1.807) is 23.9 Å². The summed E-state index contributed by atoms with van der Waals surface area (Å²) >= 11 is 2.89. The summed E-state index contributed by atoms with van der Waals surface area (Å²) in [6.45, 7) is 4.63. The predicted octanol–water partition coefficient (Wildman–Crippen LogP) is 3.49. The minimum atomic E-state index is -0.389. The average molecular weight is 312 g/mol. The summed E-state index contributed by atoms with van der Waals surface area (Å²) in [6.07, 6.45) is 2.00. The summed E-state index contributed by atoms with van der Waals surface area (Å²) < 4.78 is 14.4. The lowest BCUT2D eigenvalue weighted by Crippen LogP contribution is -2.35. The number of hydrogen-bond donors (Lipinski definition) is 2. The number of thiophene rings is 1. The number of fused-ring (bicyclic) bond motifs is 1. The molecule has 1 aromatic heterocycles. The second-order valence-electron chi connectivity index (χ2n) is 5.10. The van der Waals surface area contributed by atoms with Gasteiger partial charge in [-0.2, -0.15) is 11.8 Å². The van der Waals surface area contributed by atoms with E-state index in [9.17, 15) is 9.18 Å². The zero-order chi connectivity index (χ0) is 14.9. The number of anilines is 1. The molecule has 1 amide bonds. The molecular formula is C14H17FN2OS2. The van der Waals surface area contributed by atoms with Gasteiger partial charge in [-0.15, -0.1) is 11.3 Å². The molecule has 0 aliphatic rings. The fourth-order valence-corrected chi connectivity index (χ4v) is 3.01. The Morgan fingerprint density at radius 2 is 2.20 bits per heavy atom. The molecule has 108 valence electrons. The highest BCUT2D eigenvalue weighted by molar-refractivity contribution is 7.99. The normalized spacial score (nSPS) is 11.8. The van der Waals surface area contributed by atoms with Crippen molar-refractivity contribution >= 4 is 44.8 Å². The number of halogens is 1. The van der Waals surface area contributed by atoms with Crippen LogP contribution in [0.25, 0.3) is 10.1 Å². The summed E-state index contributed by atoms with van der Waals surface area (Å²) in [4.78, 5) is 12.6. The molecule has 0 aliphatic carbocycles. The number of carbonyl (C=O) groups is 1. The molecule has 6 heteroatoms. The third-order valence-electron chi connectivity index (χ3n) is 3.13. The highest BCUT2D eigenvalue weighted by Gasteiger charge is 2.21. The molecule has 0 atom stereocenters. The minimum absolute atomic E-state index is 0.0493. The monoisotopic (exact) mass is 312 g/mol. The number of carbonyl (C=O) groups excluding carboxylic acids is 1. The van der Waals surface area contributed by atoms with Gasteiger partial charge in [0.15, 0.2) is 0 Å². The van der Waals surface area contributed by atoms with Crippen molar-refractivity contribution in [3.05, 3.63) is 28.9 Å². The van der Waals surface area contributed by atoms with Gasteiger partial charge < -0.3 is 11.1 Å². The van der Waals surface area contributed by atoms with E-state index < -0.39 is 0 Å². The number of nitrogen functional groups attached to an aromatic ring is 1. The minimum Gasteiger partial charge on any atom is -0.397 e. The molecule has 0 spiro atoms. The summed E-state index contributed by atoms with van der Waals surface area (Å²) in [7, 11) is 0. The third kappa shape index (κ3) is 2.91. The van der Waals surface area contributed by atoms with E-state index in [0.29, 0.717) is 21.5 Å². The smallest absolute Gasteiger partial charge is 0.263 e. The largest absolute Gasteiger partial charge is 0.397 e. The quantitative estimate of drug-likeness (QED) is 0.908. The zero-order valence-electron chi connectivity index (χ0n) is 11.6. The Morgan fingerprint density at radius 1 is 1.50 bits per heavy atom. The molecule has 2 rings (SSSR count). The summed E-state index contributed by atoms with van der Waals surface area (Å²) in [5.41, 5.74) is 6.14. The molecule has 3 N–H and O–H groups in total. The van der Waals surface area contributed by atoms with E-state index in [4.69, 9.17) is 5.73 Å². The van der Waals surface area contributed by atoms with E-state index >= 15 is 0 Å². The van der Waals surface area contributed by atoms with Crippen LogP contribution in [0.2, 0.25) is 0 Å². The molecule has 20 heavy (non-hydrogen) atoms. The van der Waals surface area contributed by atoms with Gasteiger partial charge in [0.05, 0.1) is 11.1 Å². The average Bonchev–Trinajstić information content (AvgIpc) is 2.75. The maximum Gasteiger partial charge on any atom is 0.263 e. The molecule has 2 aromatic rings. The van der Waals surface area contributed by atoms with Crippen LogP contribution in [0.3, 0.4) is 0 Å². The van der Waals surface area contributed by atoms with Crippen LogP contribution in [-0.2, 0) is 0 Å². The van der Waals surface area contributed by atoms with Crippen LogP contribution in [0.15, 0.2) is 18.2 Å². The third-order valence-corrected chi connectivity index (χ3v) is 5.55. The van der Waals surface area contributed by atoms with Crippen molar-refractivity contribution in [2.45, 2.75) is 18.6 Å². The van der Waals surface area contributed by atoms with Gasteiger partial charge in [0.25, 0.3) is 5.91 Å². The van der Waals surface area contributed by atoms with Crippen molar-refractivity contribution in [2.24, 2.45) is 0 Å². The van der Waals surface area contributed by atoms with Crippen LogP contribution in [0.5, 0.6) is 0 Å². The molecule has 0 aliphatic heterocycles. The highest BCUT2D eigenvalue weighted by Crippen LogP contribution is 2.35. The van der Waals surface area contributed by atoms with Crippen molar-refractivity contribution in [1.29, 1.82) is 0 Å². The first-order valence-corrected chi connectivity index (χ1v) is 8.19. The van der Waals surface area contributed by atoms with Gasteiger partial charge in [-0.25, -0.2) is 4.39 Å². The van der Waals surface area contributed by atoms with Gasteiger partial charge in [0.2, 0.25) is 0 Å². The molecule has 0 radical (unpaired) electrons. The predicted molar refractivity (Wildman–Crippen MR) is 86.1 cm³/mol. The Bertz CT molecular complexity index is 652. The van der Waals surface area contributed by atoms with E-state index in [0.717, 1.165) is 0 Å². The van der Waals surface area contributed by atoms with Gasteiger partial charge >= 0.3 is 0 Å². The Hall–Kier alpha value is -1.27. The fraction of sp³-hybridized carbons (Fsp3) is 0.357. The summed E-state index contributed by atoms with van der Waals surface area (Å²) in [5.74, 6) is -0.634. The maximum absolute atomic E-state index is 13.7. The van der Waals surface area contributed by atoms with Crippen molar-refractivity contribution in [3.8, 4) is 0 Å². The standard InChI is InChI=1S/C14H17FN2OS2/c1-14(2,19-3)7-17-13(18)12-11(16)10-8(15)5-4-6-9(10)20-12/h4-6H,7,16H2,1-3H3,(H,17,18). The number of rotatable bonds is 4. The van der Waals surface area contributed by atoms with Crippen LogP contribution >= 0.6 is 23.1 Å². The maximum atomic E-state index is 13.7. The number of nitrogens with two attached hydrogens (primary N) is 1. The van der Waals surface area contributed by atoms with Crippen LogP contribution in [0.4, 0.5) is 10.1 Å². The Morgan fingerprint density at radius 3 is 2.80 bits per heavy atom. The van der Waals surface area contributed by atoms with E-state index in [1.807, 2.05) is 20.1 Å². The Balaban J connectivity index is 2.27. The highest BCUT2D eigenvalue weighted by atomic mass is 32.2. The molecule has 0 unspecified atom stereocenters. The van der Waals surface area contributed by atoms with Gasteiger partial charge in [-0.1, -0.05) is 6.07 Å². The lowest BCUT2D eigenvalue weighted by molar-refractivity contribution is 0.0955. The lowest BCUT2D eigenvalue weighted by Gasteiger charge is -2.22. The number of nitrogens with one attached hydrogen (secondary N) is 1. The van der Waals surface area contributed by atoms with Crippen molar-refractivity contribution in [2.75, 3.05) is 18.5 Å². The van der Waals surface area contributed by atoms with E-state index in [2.05, 4.69) is 5.32 Å². The van der Waals surface area contributed by atoms with Crippen LogP contribution in [0.1, 0.15) is 23.5 Å². The van der Waals surface area contributed by atoms with E-state index in [-0.39, 0.29) is 22.2 Å². The number of amides is 1. The molecule has 0 saturated heterocycles. The van der Waals surface area contributed by atoms with Gasteiger partial charge in [0.1, 0.15) is 10.7 Å². The van der Waals surface area contributed by atoms with Gasteiger partial charge in [0, 0.05) is 16.0 Å². The molecule has 0 bridgehead atoms. The first-order chi connectivity index (χ1) is 9.35. The van der Waals surface area contributed by atoms with Crippen molar-refractivity contribution < 1.29 is 9.18 Å². The number of benzene rings is 1. The van der Waals surface area contributed by atoms with Crippen molar-refractivity contribution in [3.63, 3.8) is 0 Å². The van der Waals surface area contributed by atoms with Gasteiger partial charge in [-0.3, -0.25) is 4.79 Å². The number of thioether (sulfide) groups is 1. The second-order valence-corrected chi connectivity index (χ2v) is 7.67. The molecule has 3 nitrogen and oxygen atoms in total. The van der Waals surface area contributed by atoms with Gasteiger partial charge in [-0.05, 0) is 32.2 Å². The van der Waals surface area contributed by atoms with Crippen molar-refractivity contribution in [1.82, 2.24) is 5.32 Å². The molecule has 0 saturated carbocycles. The summed E-state index contributed by atoms with van der Waals surface area (Å²) in [5, 5.41) is 3.20. The summed E-state index contributed by atoms with van der Waals surface area (Å²) in [6, 6.07) is 4.73. The SMILES string of the molecule is CSC(C)(C)CNC(=O)c1sc2cccc(F)c2c1N. The Kier molecular flexibility index (Phi) is 4.25. The van der Waals surface area contributed by atoms with Crippen LogP contribution < -0.4 is 11.1 Å². The topological polar surface area (TPSA) is 55.1 Å². The second kappa shape index (κ2) is 5.61. The van der Waals surface area contributed by atoms with Crippen LogP contribution in [0, 0.1) is 5.82 Å². The zero-order valence-corrected chi connectivity index (χ0v) is 13.3.